The predicted octanol–water partition coefficient (Wildman–Crippen LogP) is 2.22. The van der Waals surface area contributed by atoms with Crippen molar-refractivity contribution in [3.63, 3.8) is 0 Å². The standard InChI is InChI=1S/C12H14ClN3O.CH2O2/c1-8-14-10-4-5-16(7-11(10)15-8)6-9-2-3-12(13)17-9;2-1-3/h2-3H,4-7H2,1H3,(H,14,15);1H,(H,2,3). The number of rotatable bonds is 2. The van der Waals surface area contributed by atoms with Gasteiger partial charge in [0.25, 0.3) is 6.47 Å². The maximum Gasteiger partial charge on any atom is 0.290 e. The first-order chi connectivity index (χ1) is 9.62. The summed E-state index contributed by atoms with van der Waals surface area (Å²) in [5.74, 6) is 1.91. The Bertz CT molecular complexity index is 579. The highest BCUT2D eigenvalue weighted by Gasteiger charge is 2.20. The van der Waals surface area contributed by atoms with E-state index < -0.39 is 0 Å². The SMILES string of the molecule is Cc1nc2c([nH]1)CN(Cc1ccc(Cl)o1)CC2.O=CO. The zero-order valence-electron chi connectivity index (χ0n) is 11.1. The van der Waals surface area contributed by atoms with Gasteiger partial charge in [-0.2, -0.15) is 0 Å². The molecule has 0 fully saturated rings. The maximum absolute atomic E-state index is 8.36. The largest absolute Gasteiger partial charge is 0.483 e. The normalized spacial score (nSPS) is 14.3. The summed E-state index contributed by atoms with van der Waals surface area (Å²) < 4.78 is 5.38. The molecular formula is C13H16ClN3O3. The lowest BCUT2D eigenvalue weighted by Crippen LogP contribution is -2.29. The van der Waals surface area contributed by atoms with E-state index in [1.807, 2.05) is 13.0 Å². The first-order valence-electron chi connectivity index (χ1n) is 6.21. The number of hydrogen-bond donors (Lipinski definition) is 2. The number of furan rings is 1. The van der Waals surface area contributed by atoms with Gasteiger partial charge in [-0.3, -0.25) is 9.69 Å². The van der Waals surface area contributed by atoms with E-state index in [2.05, 4.69) is 14.9 Å². The Hall–Kier alpha value is -1.79. The Morgan fingerprint density at radius 2 is 2.35 bits per heavy atom. The van der Waals surface area contributed by atoms with Crippen molar-refractivity contribution in [3.05, 3.63) is 40.3 Å². The summed E-state index contributed by atoms with van der Waals surface area (Å²) in [4.78, 5) is 18.5. The summed E-state index contributed by atoms with van der Waals surface area (Å²) in [6.45, 7) is 4.45. The van der Waals surface area contributed by atoms with Crippen molar-refractivity contribution in [1.82, 2.24) is 14.9 Å². The topological polar surface area (TPSA) is 82.4 Å². The van der Waals surface area contributed by atoms with E-state index in [0.717, 1.165) is 37.6 Å². The number of fused-ring (bicyclic) bond motifs is 1. The van der Waals surface area contributed by atoms with E-state index in [9.17, 15) is 0 Å². The van der Waals surface area contributed by atoms with E-state index in [1.165, 1.54) is 11.4 Å². The summed E-state index contributed by atoms with van der Waals surface area (Å²) in [5, 5.41) is 7.34. The van der Waals surface area contributed by atoms with Crippen LogP contribution in [0.2, 0.25) is 5.22 Å². The van der Waals surface area contributed by atoms with Crippen LogP contribution in [0.5, 0.6) is 0 Å². The Kier molecular flexibility index (Phi) is 4.81. The predicted molar refractivity (Wildman–Crippen MR) is 73.6 cm³/mol. The number of nitrogens with zero attached hydrogens (tertiary/aromatic N) is 2. The lowest BCUT2D eigenvalue weighted by atomic mass is 10.1. The van der Waals surface area contributed by atoms with Crippen molar-refractivity contribution in [3.8, 4) is 0 Å². The second kappa shape index (κ2) is 6.58. The number of aromatic nitrogens is 2. The van der Waals surface area contributed by atoms with Gasteiger partial charge >= 0.3 is 0 Å². The molecule has 0 aliphatic carbocycles. The third kappa shape index (κ3) is 3.61. The third-order valence-corrected chi connectivity index (χ3v) is 3.24. The molecule has 2 aromatic heterocycles. The fourth-order valence-electron chi connectivity index (χ4n) is 2.28. The Labute approximate surface area is 121 Å². The molecule has 0 saturated carbocycles. The van der Waals surface area contributed by atoms with Gasteiger partial charge in [-0.05, 0) is 30.7 Å². The van der Waals surface area contributed by atoms with Gasteiger partial charge in [0.05, 0.1) is 17.9 Å². The van der Waals surface area contributed by atoms with E-state index in [0.29, 0.717) is 5.22 Å². The summed E-state index contributed by atoms with van der Waals surface area (Å²) in [5.41, 5.74) is 2.43. The van der Waals surface area contributed by atoms with Crippen LogP contribution >= 0.6 is 11.6 Å². The van der Waals surface area contributed by atoms with Crippen LogP contribution in [0.1, 0.15) is 23.0 Å². The number of H-pyrrole nitrogens is 1. The first kappa shape index (κ1) is 14.6. The summed E-state index contributed by atoms with van der Waals surface area (Å²) in [7, 11) is 0. The highest BCUT2D eigenvalue weighted by Crippen LogP contribution is 2.20. The van der Waals surface area contributed by atoms with Crippen LogP contribution in [0.25, 0.3) is 0 Å². The average Bonchev–Trinajstić information content (AvgIpc) is 2.95. The van der Waals surface area contributed by atoms with Gasteiger partial charge in [-0.1, -0.05) is 0 Å². The average molecular weight is 298 g/mol. The minimum absolute atomic E-state index is 0.250. The van der Waals surface area contributed by atoms with Crippen molar-refractivity contribution >= 4 is 18.1 Å². The van der Waals surface area contributed by atoms with E-state index in [4.69, 9.17) is 25.9 Å². The van der Waals surface area contributed by atoms with Crippen LogP contribution in [0.3, 0.4) is 0 Å². The Morgan fingerprint density at radius 1 is 1.60 bits per heavy atom. The third-order valence-electron chi connectivity index (χ3n) is 3.04. The molecule has 108 valence electrons. The molecule has 2 aromatic rings. The van der Waals surface area contributed by atoms with Crippen LogP contribution < -0.4 is 0 Å². The van der Waals surface area contributed by atoms with Crippen molar-refractivity contribution in [2.75, 3.05) is 6.54 Å². The monoisotopic (exact) mass is 297 g/mol. The number of carbonyl (C=O) groups is 1. The van der Waals surface area contributed by atoms with E-state index in [-0.39, 0.29) is 6.47 Å². The van der Waals surface area contributed by atoms with E-state index >= 15 is 0 Å². The molecule has 0 saturated heterocycles. The molecule has 3 rings (SSSR count). The molecule has 6 nitrogen and oxygen atoms in total. The minimum Gasteiger partial charge on any atom is -0.483 e. The lowest BCUT2D eigenvalue weighted by molar-refractivity contribution is -0.122. The molecule has 0 unspecified atom stereocenters. The number of nitrogens with one attached hydrogen (secondary N) is 1. The van der Waals surface area contributed by atoms with Crippen LogP contribution in [-0.4, -0.2) is 33.0 Å². The van der Waals surface area contributed by atoms with Gasteiger partial charge in [0.15, 0.2) is 5.22 Å². The Morgan fingerprint density at radius 3 is 3.00 bits per heavy atom. The molecule has 0 amide bonds. The van der Waals surface area contributed by atoms with Gasteiger partial charge in [0.1, 0.15) is 11.6 Å². The molecular weight excluding hydrogens is 282 g/mol. The molecule has 0 spiro atoms. The lowest BCUT2D eigenvalue weighted by Gasteiger charge is -2.24. The van der Waals surface area contributed by atoms with Gasteiger partial charge in [-0.25, -0.2) is 4.98 Å². The summed E-state index contributed by atoms with van der Waals surface area (Å²) in [6.07, 6.45) is 0.994. The quantitative estimate of drug-likeness (QED) is 0.831. The molecule has 0 bridgehead atoms. The van der Waals surface area contributed by atoms with Crippen LogP contribution in [-0.2, 0) is 24.3 Å². The van der Waals surface area contributed by atoms with Crippen molar-refractivity contribution in [2.24, 2.45) is 0 Å². The van der Waals surface area contributed by atoms with Gasteiger partial charge < -0.3 is 14.5 Å². The maximum atomic E-state index is 8.36. The molecule has 0 atom stereocenters. The zero-order chi connectivity index (χ0) is 14.5. The molecule has 0 radical (unpaired) electrons. The van der Waals surface area contributed by atoms with Crippen molar-refractivity contribution < 1.29 is 14.3 Å². The number of carboxylic acid groups (broad SMARTS) is 1. The van der Waals surface area contributed by atoms with Gasteiger partial charge in [0, 0.05) is 19.5 Å². The highest BCUT2D eigenvalue weighted by atomic mass is 35.5. The fourth-order valence-corrected chi connectivity index (χ4v) is 2.45. The second-order valence-electron chi connectivity index (χ2n) is 4.52. The molecule has 1 aliphatic rings. The number of halogens is 1. The number of imidazole rings is 1. The minimum atomic E-state index is -0.250. The van der Waals surface area contributed by atoms with Gasteiger partial charge in [0.2, 0.25) is 0 Å². The molecule has 20 heavy (non-hydrogen) atoms. The molecule has 0 aromatic carbocycles. The summed E-state index contributed by atoms with van der Waals surface area (Å²) in [6, 6.07) is 3.71. The van der Waals surface area contributed by atoms with Crippen LogP contribution in [0.4, 0.5) is 0 Å². The van der Waals surface area contributed by atoms with Gasteiger partial charge in [-0.15, -0.1) is 0 Å². The van der Waals surface area contributed by atoms with Crippen molar-refractivity contribution in [1.29, 1.82) is 0 Å². The van der Waals surface area contributed by atoms with Crippen LogP contribution in [0.15, 0.2) is 16.5 Å². The zero-order valence-corrected chi connectivity index (χ0v) is 11.9. The number of aromatic amines is 1. The Balaban J connectivity index is 0.000000452. The molecule has 3 heterocycles. The van der Waals surface area contributed by atoms with Crippen molar-refractivity contribution in [2.45, 2.75) is 26.4 Å². The highest BCUT2D eigenvalue weighted by molar-refractivity contribution is 6.28. The number of hydrogen-bond acceptors (Lipinski definition) is 4. The molecule has 2 N–H and O–H groups in total. The fraction of sp³-hybridized carbons (Fsp3) is 0.385. The van der Waals surface area contributed by atoms with E-state index in [1.54, 1.807) is 6.07 Å². The van der Waals surface area contributed by atoms with Crippen LogP contribution in [0, 0.1) is 6.92 Å². The molecule has 7 heteroatoms. The second-order valence-corrected chi connectivity index (χ2v) is 4.89. The smallest absolute Gasteiger partial charge is 0.290 e. The summed E-state index contributed by atoms with van der Waals surface area (Å²) >= 11 is 5.76. The number of aryl methyl sites for hydroxylation is 1. The first-order valence-corrected chi connectivity index (χ1v) is 6.59. The molecule has 1 aliphatic heterocycles.